The Balaban J connectivity index is 1.79. The van der Waals surface area contributed by atoms with Crippen molar-refractivity contribution in [2.24, 2.45) is 0 Å². The largest absolute Gasteiger partial charge is 0.497 e. The summed E-state index contributed by atoms with van der Waals surface area (Å²) in [6.07, 6.45) is 0.0937. The molecule has 27 heavy (non-hydrogen) atoms. The van der Waals surface area contributed by atoms with Gasteiger partial charge in [0.2, 0.25) is 5.91 Å². The molecule has 3 aromatic rings. The van der Waals surface area contributed by atoms with Gasteiger partial charge in [-0.1, -0.05) is 11.6 Å². The zero-order valence-electron chi connectivity index (χ0n) is 14.7. The number of fused-ring (bicyclic) bond motifs is 1. The molecule has 1 aromatic carbocycles. The summed E-state index contributed by atoms with van der Waals surface area (Å²) in [5.41, 5.74) is 2.23. The Morgan fingerprint density at radius 1 is 1.30 bits per heavy atom. The Kier molecular flexibility index (Phi) is 4.49. The van der Waals surface area contributed by atoms with E-state index in [1.165, 1.54) is 11.3 Å². The molecule has 1 aliphatic rings. The zero-order chi connectivity index (χ0) is 19.1. The van der Waals surface area contributed by atoms with Crippen LogP contribution in [0.2, 0.25) is 4.34 Å². The molecule has 6 nitrogen and oxygen atoms in total. The van der Waals surface area contributed by atoms with Crippen LogP contribution in [0.3, 0.4) is 0 Å². The Bertz CT molecular complexity index is 1040. The van der Waals surface area contributed by atoms with E-state index in [0.29, 0.717) is 20.7 Å². The molecule has 1 aliphatic heterocycles. The molecular formula is C19H16ClN3O3S. The molecule has 2 aromatic heterocycles. The maximum absolute atomic E-state index is 13.0. The molecule has 0 bridgehead atoms. The van der Waals surface area contributed by atoms with Crippen molar-refractivity contribution >= 4 is 40.4 Å². The summed E-state index contributed by atoms with van der Waals surface area (Å²) < 4.78 is 7.39. The van der Waals surface area contributed by atoms with Crippen LogP contribution >= 0.6 is 22.9 Å². The number of nitrogens with zero attached hydrogens (tertiary/aromatic N) is 2. The van der Waals surface area contributed by atoms with Crippen LogP contribution in [0.4, 0.5) is 5.82 Å². The number of aromatic nitrogens is 2. The number of hydrogen-bond donors (Lipinski definition) is 1. The van der Waals surface area contributed by atoms with Crippen molar-refractivity contribution in [1.29, 1.82) is 0 Å². The molecule has 0 saturated carbocycles. The monoisotopic (exact) mass is 401 g/mol. The molecule has 3 heterocycles. The maximum atomic E-state index is 13.0. The lowest BCUT2D eigenvalue weighted by Gasteiger charge is -2.22. The molecule has 8 heteroatoms. The lowest BCUT2D eigenvalue weighted by atomic mass is 9.87. The summed E-state index contributed by atoms with van der Waals surface area (Å²) in [7, 11) is 1.60. The topological polar surface area (TPSA) is 73.2 Å². The van der Waals surface area contributed by atoms with E-state index in [1.54, 1.807) is 23.9 Å². The number of Topliss-reactive ketones (excluding diaryl/α,β-unsaturated/α-hetero) is 1. The SMILES string of the molecule is COc1ccc(-n2nc(C)c3c2NC(=O)C[C@@H]3C(=O)c2ccc(Cl)s2)cc1. The number of hydrogen-bond acceptors (Lipinski definition) is 5. The molecule has 0 spiro atoms. The van der Waals surface area contributed by atoms with Gasteiger partial charge >= 0.3 is 0 Å². The number of anilines is 1. The van der Waals surface area contributed by atoms with Gasteiger partial charge < -0.3 is 10.1 Å². The number of benzene rings is 1. The van der Waals surface area contributed by atoms with Crippen molar-refractivity contribution in [1.82, 2.24) is 9.78 Å². The fourth-order valence-corrected chi connectivity index (χ4v) is 4.34. The van der Waals surface area contributed by atoms with E-state index in [4.69, 9.17) is 16.3 Å². The number of carbonyl (C=O) groups is 2. The van der Waals surface area contributed by atoms with Gasteiger partial charge in [-0.05, 0) is 43.3 Å². The Hall–Kier alpha value is -2.64. The predicted octanol–water partition coefficient (Wildman–Crippen LogP) is 4.21. The van der Waals surface area contributed by atoms with E-state index in [-0.39, 0.29) is 18.1 Å². The first kappa shape index (κ1) is 17.8. The van der Waals surface area contributed by atoms with E-state index in [0.717, 1.165) is 17.0 Å². The molecule has 0 aliphatic carbocycles. The second kappa shape index (κ2) is 6.83. The van der Waals surface area contributed by atoms with Crippen molar-refractivity contribution in [3.63, 3.8) is 0 Å². The van der Waals surface area contributed by atoms with Gasteiger partial charge in [0.25, 0.3) is 0 Å². The number of aryl methyl sites for hydroxylation is 1. The van der Waals surface area contributed by atoms with Crippen LogP contribution in [0.5, 0.6) is 5.75 Å². The average molecular weight is 402 g/mol. The molecule has 0 radical (unpaired) electrons. The standard InChI is InChI=1S/C19H16ClN3O3S/c1-10-17-13(18(25)14-7-8-15(20)27-14)9-16(24)21-19(17)23(22-10)11-3-5-12(26-2)6-4-11/h3-8,13H,9H2,1-2H3,(H,21,24)/t13-/m0/s1. The zero-order valence-corrected chi connectivity index (χ0v) is 16.2. The smallest absolute Gasteiger partial charge is 0.226 e. The van der Waals surface area contributed by atoms with Crippen LogP contribution < -0.4 is 10.1 Å². The summed E-state index contributed by atoms with van der Waals surface area (Å²) in [6.45, 7) is 1.85. The van der Waals surface area contributed by atoms with Crippen molar-refractivity contribution in [2.45, 2.75) is 19.3 Å². The summed E-state index contributed by atoms with van der Waals surface area (Å²) in [5.74, 6) is 0.368. The first-order valence-corrected chi connectivity index (χ1v) is 9.50. The van der Waals surface area contributed by atoms with Gasteiger partial charge in [0, 0.05) is 12.0 Å². The third kappa shape index (κ3) is 3.13. The lowest BCUT2D eigenvalue weighted by molar-refractivity contribution is -0.116. The number of amides is 1. The van der Waals surface area contributed by atoms with E-state index < -0.39 is 5.92 Å². The first-order chi connectivity index (χ1) is 13.0. The van der Waals surface area contributed by atoms with Crippen LogP contribution in [0.1, 0.15) is 33.3 Å². The van der Waals surface area contributed by atoms with Crippen molar-refractivity contribution in [3.05, 3.63) is 56.9 Å². The minimum absolute atomic E-state index is 0.0937. The minimum Gasteiger partial charge on any atom is -0.497 e. The maximum Gasteiger partial charge on any atom is 0.226 e. The normalized spacial score (nSPS) is 16.0. The number of ether oxygens (including phenoxy) is 1. The van der Waals surface area contributed by atoms with Gasteiger partial charge in [-0.2, -0.15) is 5.10 Å². The molecule has 1 amide bonds. The van der Waals surface area contributed by atoms with E-state index in [1.807, 2.05) is 31.2 Å². The van der Waals surface area contributed by atoms with Gasteiger partial charge in [0.1, 0.15) is 11.6 Å². The highest BCUT2D eigenvalue weighted by Gasteiger charge is 2.36. The minimum atomic E-state index is -0.574. The van der Waals surface area contributed by atoms with Crippen LogP contribution in [-0.2, 0) is 4.79 Å². The van der Waals surface area contributed by atoms with Crippen LogP contribution in [0.25, 0.3) is 5.69 Å². The van der Waals surface area contributed by atoms with Gasteiger partial charge in [0.15, 0.2) is 5.78 Å². The van der Waals surface area contributed by atoms with E-state index in [2.05, 4.69) is 10.4 Å². The van der Waals surface area contributed by atoms with Crippen molar-refractivity contribution in [2.75, 3.05) is 12.4 Å². The third-order valence-corrected chi connectivity index (χ3v) is 5.80. The summed E-state index contributed by atoms with van der Waals surface area (Å²) >= 11 is 7.19. The summed E-state index contributed by atoms with van der Waals surface area (Å²) in [4.78, 5) is 25.9. The summed E-state index contributed by atoms with van der Waals surface area (Å²) in [5, 5.41) is 7.44. The van der Waals surface area contributed by atoms with Crippen LogP contribution in [0, 0.1) is 6.92 Å². The number of thiophene rings is 1. The lowest BCUT2D eigenvalue weighted by Crippen LogP contribution is -2.28. The molecule has 0 unspecified atom stereocenters. The van der Waals surface area contributed by atoms with Crippen LogP contribution in [0.15, 0.2) is 36.4 Å². The van der Waals surface area contributed by atoms with Crippen molar-refractivity contribution in [3.8, 4) is 11.4 Å². The number of rotatable bonds is 4. The number of nitrogens with one attached hydrogen (secondary N) is 1. The molecule has 1 atom stereocenters. The molecule has 1 N–H and O–H groups in total. The molecular weight excluding hydrogens is 386 g/mol. The highest BCUT2D eigenvalue weighted by Crippen LogP contribution is 2.39. The van der Waals surface area contributed by atoms with E-state index >= 15 is 0 Å². The Morgan fingerprint density at radius 2 is 2.04 bits per heavy atom. The number of carbonyl (C=O) groups excluding carboxylic acids is 2. The van der Waals surface area contributed by atoms with Gasteiger partial charge in [-0.3, -0.25) is 9.59 Å². The number of halogens is 1. The predicted molar refractivity (Wildman–Crippen MR) is 105 cm³/mol. The van der Waals surface area contributed by atoms with Crippen LogP contribution in [-0.4, -0.2) is 28.6 Å². The fraction of sp³-hybridized carbons (Fsp3) is 0.211. The number of ketones is 1. The average Bonchev–Trinajstić information content (AvgIpc) is 3.24. The van der Waals surface area contributed by atoms with Gasteiger partial charge in [0.05, 0.1) is 33.6 Å². The first-order valence-electron chi connectivity index (χ1n) is 8.31. The molecule has 0 fully saturated rings. The molecule has 138 valence electrons. The quantitative estimate of drug-likeness (QED) is 0.664. The Labute approximate surface area is 164 Å². The fourth-order valence-electron chi connectivity index (χ4n) is 3.30. The number of methoxy groups -OCH3 is 1. The van der Waals surface area contributed by atoms with Gasteiger partial charge in [-0.25, -0.2) is 4.68 Å². The second-order valence-corrected chi connectivity index (χ2v) is 7.95. The molecule has 4 rings (SSSR count). The van der Waals surface area contributed by atoms with Crippen molar-refractivity contribution < 1.29 is 14.3 Å². The second-order valence-electron chi connectivity index (χ2n) is 6.23. The van der Waals surface area contributed by atoms with Gasteiger partial charge in [-0.15, -0.1) is 11.3 Å². The summed E-state index contributed by atoms with van der Waals surface area (Å²) in [6, 6.07) is 10.7. The highest BCUT2D eigenvalue weighted by atomic mass is 35.5. The highest BCUT2D eigenvalue weighted by molar-refractivity contribution is 7.18. The van der Waals surface area contributed by atoms with E-state index in [9.17, 15) is 9.59 Å². The Morgan fingerprint density at radius 3 is 2.67 bits per heavy atom. The molecule has 0 saturated heterocycles. The third-order valence-electron chi connectivity index (χ3n) is 4.55.